The second kappa shape index (κ2) is 8.44. The standard InChI is InChI=1S/C24H27N7O3/c1-24(2,3)34-23(32)29(4)17-12-30(13-17)21-22-28-26-15-31(22)19-10-18(11-25-20(19)27-21)33-14-16-8-6-5-7-9-16/h5-11,15,17H,12-14H2,1-4H3. The number of hydrogen-bond donors (Lipinski definition) is 0. The molecule has 10 heteroatoms. The van der Waals surface area contributed by atoms with E-state index in [2.05, 4.69) is 20.1 Å². The Balaban J connectivity index is 1.34. The highest BCUT2D eigenvalue weighted by Gasteiger charge is 2.36. The van der Waals surface area contributed by atoms with Crippen molar-refractivity contribution in [2.45, 2.75) is 39.0 Å². The SMILES string of the molecule is CN(C(=O)OC(C)(C)C)C1CN(c2nc3ncc(OCc4ccccc4)cc3n3cnnc23)C1. The molecule has 1 fully saturated rings. The molecular formula is C24H27N7O3. The Hall–Kier alpha value is -3.95. The Morgan fingerprint density at radius 3 is 2.71 bits per heavy atom. The molecule has 0 spiro atoms. The van der Waals surface area contributed by atoms with Crippen LogP contribution in [0.4, 0.5) is 10.6 Å². The van der Waals surface area contributed by atoms with Crippen molar-refractivity contribution < 1.29 is 14.3 Å². The van der Waals surface area contributed by atoms with E-state index in [1.165, 1.54) is 0 Å². The quantitative estimate of drug-likeness (QED) is 0.447. The third-order valence-electron chi connectivity index (χ3n) is 5.68. The monoisotopic (exact) mass is 461 g/mol. The van der Waals surface area contributed by atoms with Gasteiger partial charge in [0.2, 0.25) is 5.65 Å². The fourth-order valence-corrected chi connectivity index (χ4v) is 3.79. The summed E-state index contributed by atoms with van der Waals surface area (Å²) in [6, 6.07) is 11.9. The lowest BCUT2D eigenvalue weighted by atomic mass is 10.1. The Morgan fingerprint density at radius 1 is 1.21 bits per heavy atom. The van der Waals surface area contributed by atoms with Crippen LogP contribution in [-0.4, -0.2) is 67.3 Å². The number of amides is 1. The Labute approximate surface area is 197 Å². The molecule has 1 amide bonds. The first-order valence-corrected chi connectivity index (χ1v) is 11.2. The highest BCUT2D eigenvalue weighted by atomic mass is 16.6. The average molecular weight is 462 g/mol. The van der Waals surface area contributed by atoms with Crippen LogP contribution in [0.5, 0.6) is 5.75 Å². The summed E-state index contributed by atoms with van der Waals surface area (Å²) in [4.78, 5) is 25.4. The van der Waals surface area contributed by atoms with Crippen molar-refractivity contribution in [1.82, 2.24) is 29.5 Å². The highest BCUT2D eigenvalue weighted by molar-refractivity contribution is 5.81. The zero-order chi connectivity index (χ0) is 23.9. The molecule has 1 aliphatic heterocycles. The maximum absolute atomic E-state index is 12.4. The number of nitrogens with zero attached hydrogens (tertiary/aromatic N) is 7. The van der Waals surface area contributed by atoms with E-state index < -0.39 is 5.60 Å². The van der Waals surface area contributed by atoms with Gasteiger partial charge in [0.05, 0.1) is 17.8 Å². The molecule has 4 heterocycles. The van der Waals surface area contributed by atoms with Gasteiger partial charge in [-0.2, -0.15) is 0 Å². The number of rotatable bonds is 5. The Bertz CT molecular complexity index is 1330. The molecule has 1 saturated heterocycles. The first-order chi connectivity index (χ1) is 16.3. The predicted octanol–water partition coefficient (Wildman–Crippen LogP) is 3.31. The lowest BCUT2D eigenvalue weighted by Gasteiger charge is -2.44. The summed E-state index contributed by atoms with van der Waals surface area (Å²) in [6.45, 7) is 7.27. The minimum absolute atomic E-state index is 0.0250. The van der Waals surface area contributed by atoms with Crippen LogP contribution in [0.1, 0.15) is 26.3 Å². The topological polar surface area (TPSA) is 98.0 Å². The van der Waals surface area contributed by atoms with Crippen molar-refractivity contribution in [3.05, 3.63) is 54.5 Å². The molecule has 0 radical (unpaired) electrons. The zero-order valence-corrected chi connectivity index (χ0v) is 19.7. The van der Waals surface area contributed by atoms with Crippen LogP contribution in [0.15, 0.2) is 48.9 Å². The number of carbonyl (C=O) groups is 1. The van der Waals surface area contributed by atoms with Gasteiger partial charge in [-0.25, -0.2) is 14.8 Å². The molecule has 5 rings (SSSR count). The summed E-state index contributed by atoms with van der Waals surface area (Å²) in [5, 5.41) is 8.38. The average Bonchev–Trinajstić information content (AvgIpc) is 3.27. The van der Waals surface area contributed by atoms with Gasteiger partial charge in [0.25, 0.3) is 0 Å². The van der Waals surface area contributed by atoms with E-state index in [1.54, 1.807) is 24.5 Å². The number of ether oxygens (including phenoxy) is 2. The molecule has 0 saturated carbocycles. The molecule has 34 heavy (non-hydrogen) atoms. The van der Waals surface area contributed by atoms with Gasteiger partial charge in [-0.05, 0) is 26.3 Å². The van der Waals surface area contributed by atoms with E-state index in [0.29, 0.717) is 42.6 Å². The number of carbonyl (C=O) groups excluding carboxylic acids is 1. The minimum atomic E-state index is -0.530. The summed E-state index contributed by atoms with van der Waals surface area (Å²) in [5.41, 5.74) is 2.51. The summed E-state index contributed by atoms with van der Waals surface area (Å²) < 4.78 is 13.3. The lowest BCUT2D eigenvalue weighted by molar-refractivity contribution is 0.0196. The van der Waals surface area contributed by atoms with Crippen LogP contribution in [0, 0.1) is 0 Å². The normalized spacial score (nSPS) is 14.3. The number of fused-ring (bicyclic) bond motifs is 3. The van der Waals surface area contributed by atoms with Crippen LogP contribution >= 0.6 is 0 Å². The molecule has 0 N–H and O–H groups in total. The second-order valence-electron chi connectivity index (χ2n) is 9.40. The van der Waals surface area contributed by atoms with Crippen LogP contribution < -0.4 is 9.64 Å². The number of anilines is 1. The van der Waals surface area contributed by atoms with E-state index in [1.807, 2.05) is 61.6 Å². The van der Waals surface area contributed by atoms with Gasteiger partial charge in [0.1, 0.15) is 24.3 Å². The van der Waals surface area contributed by atoms with E-state index in [9.17, 15) is 4.79 Å². The van der Waals surface area contributed by atoms with Crippen molar-refractivity contribution in [2.75, 3.05) is 25.0 Å². The van der Waals surface area contributed by atoms with Crippen molar-refractivity contribution in [3.63, 3.8) is 0 Å². The van der Waals surface area contributed by atoms with Gasteiger partial charge in [0, 0.05) is 26.2 Å². The zero-order valence-electron chi connectivity index (χ0n) is 19.7. The minimum Gasteiger partial charge on any atom is -0.487 e. The molecule has 0 atom stereocenters. The van der Waals surface area contributed by atoms with Gasteiger partial charge < -0.3 is 19.3 Å². The summed E-state index contributed by atoms with van der Waals surface area (Å²) in [7, 11) is 1.76. The molecule has 1 aliphatic rings. The van der Waals surface area contributed by atoms with E-state index in [4.69, 9.17) is 14.5 Å². The van der Waals surface area contributed by atoms with Crippen molar-refractivity contribution in [3.8, 4) is 5.75 Å². The smallest absolute Gasteiger partial charge is 0.410 e. The number of hydrogen-bond acceptors (Lipinski definition) is 8. The van der Waals surface area contributed by atoms with Gasteiger partial charge in [-0.15, -0.1) is 10.2 Å². The summed E-state index contributed by atoms with van der Waals surface area (Å²) in [6.07, 6.45) is 2.99. The van der Waals surface area contributed by atoms with Gasteiger partial charge >= 0.3 is 6.09 Å². The molecule has 0 bridgehead atoms. The number of pyridine rings is 1. The third-order valence-corrected chi connectivity index (χ3v) is 5.68. The predicted molar refractivity (Wildman–Crippen MR) is 127 cm³/mol. The first kappa shape index (κ1) is 21.9. The number of benzene rings is 1. The van der Waals surface area contributed by atoms with Gasteiger partial charge in [0.15, 0.2) is 11.5 Å². The summed E-state index contributed by atoms with van der Waals surface area (Å²) >= 11 is 0. The lowest BCUT2D eigenvalue weighted by Crippen LogP contribution is -2.60. The van der Waals surface area contributed by atoms with Crippen LogP contribution in [0.25, 0.3) is 16.8 Å². The van der Waals surface area contributed by atoms with E-state index >= 15 is 0 Å². The Morgan fingerprint density at radius 2 is 1.97 bits per heavy atom. The van der Waals surface area contributed by atoms with E-state index in [-0.39, 0.29) is 12.1 Å². The molecule has 10 nitrogen and oxygen atoms in total. The molecule has 0 aliphatic carbocycles. The molecule has 3 aromatic heterocycles. The van der Waals surface area contributed by atoms with Crippen LogP contribution in [0.3, 0.4) is 0 Å². The largest absolute Gasteiger partial charge is 0.487 e. The molecule has 176 valence electrons. The van der Waals surface area contributed by atoms with Crippen molar-refractivity contribution >= 4 is 28.7 Å². The summed E-state index contributed by atoms with van der Waals surface area (Å²) in [5.74, 6) is 1.33. The Kier molecular flexibility index (Phi) is 5.43. The fourth-order valence-electron chi connectivity index (χ4n) is 3.79. The van der Waals surface area contributed by atoms with Crippen molar-refractivity contribution in [1.29, 1.82) is 0 Å². The van der Waals surface area contributed by atoms with Gasteiger partial charge in [-0.1, -0.05) is 30.3 Å². The molecule has 4 aromatic rings. The van der Waals surface area contributed by atoms with E-state index in [0.717, 1.165) is 11.1 Å². The first-order valence-electron chi connectivity index (χ1n) is 11.2. The molecular weight excluding hydrogens is 434 g/mol. The highest BCUT2D eigenvalue weighted by Crippen LogP contribution is 2.29. The van der Waals surface area contributed by atoms with Crippen LogP contribution in [0.2, 0.25) is 0 Å². The van der Waals surface area contributed by atoms with Crippen molar-refractivity contribution in [2.24, 2.45) is 0 Å². The third kappa shape index (κ3) is 4.30. The molecule has 1 aromatic carbocycles. The molecule has 0 unspecified atom stereocenters. The number of aromatic nitrogens is 5. The van der Waals surface area contributed by atoms with Crippen LogP contribution in [-0.2, 0) is 11.3 Å². The fraction of sp³-hybridized carbons (Fsp3) is 0.375. The number of likely N-dealkylation sites (N-methyl/N-ethyl adjacent to an activating group) is 1. The van der Waals surface area contributed by atoms with Gasteiger partial charge in [-0.3, -0.25) is 4.40 Å². The maximum Gasteiger partial charge on any atom is 0.410 e. The maximum atomic E-state index is 12.4. The second-order valence-corrected chi connectivity index (χ2v) is 9.40.